The molecule has 15 heavy (non-hydrogen) atoms. The van der Waals surface area contributed by atoms with Crippen LogP contribution in [-0.2, 0) is 9.53 Å². The van der Waals surface area contributed by atoms with Crippen molar-refractivity contribution in [3.63, 3.8) is 0 Å². The number of carbonyl (C=O) groups is 1. The number of halogens is 4. The van der Waals surface area contributed by atoms with E-state index in [1.54, 1.807) is 0 Å². The number of ether oxygens (including phenoxy) is 1. The van der Waals surface area contributed by atoms with Crippen molar-refractivity contribution < 1.29 is 22.7 Å². The molecule has 7 heteroatoms. The highest BCUT2D eigenvalue weighted by Gasteiger charge is 2.30. The zero-order valence-corrected chi connectivity index (χ0v) is 9.32. The van der Waals surface area contributed by atoms with Crippen molar-refractivity contribution >= 4 is 18.4 Å². The largest absolute Gasteiger partial charge is 0.455 e. The summed E-state index contributed by atoms with van der Waals surface area (Å²) in [5.74, 6) is -0.862. The summed E-state index contributed by atoms with van der Waals surface area (Å²) >= 11 is 0. The zero-order valence-electron chi connectivity index (χ0n) is 8.50. The summed E-state index contributed by atoms with van der Waals surface area (Å²) in [5.41, 5.74) is 5.31. The van der Waals surface area contributed by atoms with Gasteiger partial charge in [-0.15, -0.1) is 12.4 Å². The van der Waals surface area contributed by atoms with E-state index in [4.69, 9.17) is 5.73 Å². The molecule has 0 amide bonds. The Kier molecular flexibility index (Phi) is 7.78. The second kappa shape index (κ2) is 6.90. The second-order valence-electron chi connectivity index (χ2n) is 3.46. The first-order chi connectivity index (χ1) is 6.22. The van der Waals surface area contributed by atoms with Crippen LogP contribution >= 0.6 is 12.4 Å². The molecule has 0 aliphatic heterocycles. The van der Waals surface area contributed by atoms with Crippen LogP contribution in [0.15, 0.2) is 0 Å². The average Bonchev–Trinajstić information content (AvgIpc) is 1.97. The Labute approximate surface area is 92.6 Å². The zero-order chi connectivity index (χ0) is 11.4. The van der Waals surface area contributed by atoms with Crippen molar-refractivity contribution in [1.82, 2.24) is 0 Å². The molecule has 0 saturated heterocycles. The smallest absolute Gasteiger partial charge is 0.422 e. The van der Waals surface area contributed by atoms with Gasteiger partial charge in [0.05, 0.1) is 0 Å². The molecule has 0 heterocycles. The third-order valence-corrected chi connectivity index (χ3v) is 1.41. The number of hydrogen-bond donors (Lipinski definition) is 1. The monoisotopic (exact) mass is 249 g/mol. The number of esters is 1. The van der Waals surface area contributed by atoms with Gasteiger partial charge in [-0.25, -0.2) is 0 Å². The maximum absolute atomic E-state index is 11.6. The standard InChI is InChI=1S/C8H14F3NO2.ClH/c1-5(2)3-6(12)7(13)14-4-8(9,10)11;/h5-6H,3-4,12H2,1-2H3;1H/t6-;/m0./s1. The lowest BCUT2D eigenvalue weighted by Crippen LogP contribution is -2.35. The van der Waals surface area contributed by atoms with Crippen LogP contribution in [0.25, 0.3) is 0 Å². The Morgan fingerprint density at radius 2 is 1.87 bits per heavy atom. The molecule has 2 N–H and O–H groups in total. The fraction of sp³-hybridized carbons (Fsp3) is 0.875. The van der Waals surface area contributed by atoms with E-state index >= 15 is 0 Å². The lowest BCUT2D eigenvalue weighted by molar-refractivity contribution is -0.187. The summed E-state index contributed by atoms with van der Waals surface area (Å²) in [6.07, 6.45) is -4.18. The third-order valence-electron chi connectivity index (χ3n) is 1.41. The number of rotatable bonds is 4. The molecule has 0 aliphatic rings. The van der Waals surface area contributed by atoms with E-state index in [-0.39, 0.29) is 18.3 Å². The molecule has 1 atom stereocenters. The molecule has 0 aromatic heterocycles. The van der Waals surface area contributed by atoms with Crippen LogP contribution in [0, 0.1) is 5.92 Å². The topological polar surface area (TPSA) is 52.3 Å². The minimum atomic E-state index is -4.49. The van der Waals surface area contributed by atoms with Crippen molar-refractivity contribution in [3.8, 4) is 0 Å². The Bertz CT molecular complexity index is 197. The van der Waals surface area contributed by atoms with Gasteiger partial charge in [0.15, 0.2) is 6.61 Å². The van der Waals surface area contributed by atoms with Crippen molar-refractivity contribution in [2.75, 3.05) is 6.61 Å². The van der Waals surface area contributed by atoms with E-state index in [0.717, 1.165) is 0 Å². The van der Waals surface area contributed by atoms with Gasteiger partial charge in [0.1, 0.15) is 6.04 Å². The maximum atomic E-state index is 11.6. The van der Waals surface area contributed by atoms with Crippen molar-refractivity contribution in [1.29, 1.82) is 0 Å². The SMILES string of the molecule is CC(C)C[C@H](N)C(=O)OCC(F)(F)F.Cl. The Balaban J connectivity index is 0. The number of nitrogens with two attached hydrogens (primary N) is 1. The predicted molar refractivity (Wildman–Crippen MR) is 51.7 cm³/mol. The van der Waals surface area contributed by atoms with Crippen LogP contribution in [-0.4, -0.2) is 24.8 Å². The molecule has 0 aromatic rings. The molecule has 0 unspecified atom stereocenters. The first-order valence-corrected chi connectivity index (χ1v) is 4.21. The van der Waals surface area contributed by atoms with Crippen LogP contribution in [0.4, 0.5) is 13.2 Å². The Morgan fingerprint density at radius 3 is 2.20 bits per heavy atom. The van der Waals surface area contributed by atoms with E-state index in [0.29, 0.717) is 6.42 Å². The average molecular weight is 250 g/mol. The second-order valence-corrected chi connectivity index (χ2v) is 3.46. The maximum Gasteiger partial charge on any atom is 0.422 e. The number of hydrogen-bond acceptors (Lipinski definition) is 3. The first kappa shape index (κ1) is 16.9. The molecule has 92 valence electrons. The summed E-state index contributed by atoms with van der Waals surface area (Å²) in [7, 11) is 0. The van der Waals surface area contributed by atoms with E-state index in [9.17, 15) is 18.0 Å². The van der Waals surface area contributed by atoms with Crippen LogP contribution in [0.2, 0.25) is 0 Å². The highest BCUT2D eigenvalue weighted by atomic mass is 35.5. The summed E-state index contributed by atoms with van der Waals surface area (Å²) in [6.45, 7) is 2.06. The number of carbonyl (C=O) groups excluding carboxylic acids is 1. The van der Waals surface area contributed by atoms with Gasteiger partial charge in [-0.2, -0.15) is 13.2 Å². The molecule has 0 aliphatic carbocycles. The Morgan fingerprint density at radius 1 is 1.40 bits per heavy atom. The van der Waals surface area contributed by atoms with Crippen molar-refractivity contribution in [2.45, 2.75) is 32.5 Å². The highest BCUT2D eigenvalue weighted by Crippen LogP contribution is 2.15. The fourth-order valence-electron chi connectivity index (χ4n) is 0.864. The predicted octanol–water partition coefficient (Wildman–Crippen LogP) is 1.89. The van der Waals surface area contributed by atoms with Gasteiger partial charge < -0.3 is 10.5 Å². The molecular weight excluding hydrogens is 235 g/mol. The van der Waals surface area contributed by atoms with Gasteiger partial charge in [-0.3, -0.25) is 4.79 Å². The minimum Gasteiger partial charge on any atom is -0.455 e. The van der Waals surface area contributed by atoms with E-state index in [2.05, 4.69) is 4.74 Å². The van der Waals surface area contributed by atoms with Crippen LogP contribution in [0.1, 0.15) is 20.3 Å². The molecule has 0 fully saturated rings. The normalized spacial score (nSPS) is 13.3. The third kappa shape index (κ3) is 9.81. The van der Waals surface area contributed by atoms with Gasteiger partial charge in [-0.05, 0) is 12.3 Å². The van der Waals surface area contributed by atoms with Crippen molar-refractivity contribution in [3.05, 3.63) is 0 Å². The Hall–Kier alpha value is -0.490. The van der Waals surface area contributed by atoms with Gasteiger partial charge in [-0.1, -0.05) is 13.8 Å². The molecule has 0 aromatic carbocycles. The molecule has 3 nitrogen and oxygen atoms in total. The molecule has 0 bridgehead atoms. The van der Waals surface area contributed by atoms with Crippen molar-refractivity contribution in [2.24, 2.45) is 11.7 Å². The molecule has 0 saturated carbocycles. The van der Waals surface area contributed by atoms with Gasteiger partial charge in [0.2, 0.25) is 0 Å². The summed E-state index contributed by atoms with van der Waals surface area (Å²) < 4.78 is 38.9. The lowest BCUT2D eigenvalue weighted by Gasteiger charge is -2.14. The molecule has 0 spiro atoms. The lowest BCUT2D eigenvalue weighted by atomic mass is 10.1. The summed E-state index contributed by atoms with van der Waals surface area (Å²) in [5, 5.41) is 0. The highest BCUT2D eigenvalue weighted by molar-refractivity contribution is 5.85. The molecular formula is C8H15ClF3NO2. The fourth-order valence-corrected chi connectivity index (χ4v) is 0.864. The van der Waals surface area contributed by atoms with E-state index in [1.165, 1.54) is 0 Å². The van der Waals surface area contributed by atoms with Crippen LogP contribution in [0.5, 0.6) is 0 Å². The molecule has 0 rings (SSSR count). The minimum absolute atomic E-state index is 0. The first-order valence-electron chi connectivity index (χ1n) is 4.21. The van der Waals surface area contributed by atoms with Gasteiger partial charge >= 0.3 is 12.1 Å². The van der Waals surface area contributed by atoms with E-state index in [1.807, 2.05) is 13.8 Å². The summed E-state index contributed by atoms with van der Waals surface area (Å²) in [4.78, 5) is 10.9. The number of alkyl halides is 3. The van der Waals surface area contributed by atoms with Crippen LogP contribution in [0.3, 0.4) is 0 Å². The summed E-state index contributed by atoms with van der Waals surface area (Å²) in [6, 6.07) is -0.975. The molecule has 0 radical (unpaired) electrons. The van der Waals surface area contributed by atoms with E-state index < -0.39 is 24.8 Å². The quantitative estimate of drug-likeness (QED) is 0.774. The van der Waals surface area contributed by atoms with Crippen LogP contribution < -0.4 is 5.73 Å². The van der Waals surface area contributed by atoms with Gasteiger partial charge in [0, 0.05) is 0 Å². The van der Waals surface area contributed by atoms with Gasteiger partial charge in [0.25, 0.3) is 0 Å².